The molecular formula is C8H8BrN3. The van der Waals surface area contributed by atoms with Crippen molar-refractivity contribution in [1.29, 1.82) is 0 Å². The number of hydrogen-bond acceptors (Lipinski definition) is 2. The second kappa shape index (κ2) is 2.55. The predicted molar refractivity (Wildman–Crippen MR) is 50.9 cm³/mol. The third-order valence-electron chi connectivity index (χ3n) is 1.96. The van der Waals surface area contributed by atoms with Gasteiger partial charge in [0.15, 0.2) is 0 Å². The van der Waals surface area contributed by atoms with E-state index >= 15 is 0 Å². The number of rotatable bonds is 0. The van der Waals surface area contributed by atoms with Gasteiger partial charge in [0.2, 0.25) is 0 Å². The molecule has 3 nitrogen and oxygen atoms in total. The van der Waals surface area contributed by atoms with E-state index in [4.69, 9.17) is 0 Å². The van der Waals surface area contributed by atoms with Crippen LogP contribution in [0.5, 0.6) is 0 Å². The van der Waals surface area contributed by atoms with Crippen molar-refractivity contribution in [3.05, 3.63) is 22.7 Å². The number of halogens is 1. The highest BCUT2D eigenvalue weighted by Crippen LogP contribution is 2.16. The first kappa shape index (κ1) is 7.73. The van der Waals surface area contributed by atoms with E-state index < -0.39 is 0 Å². The van der Waals surface area contributed by atoms with E-state index in [2.05, 4.69) is 25.9 Å². The number of aryl methyl sites for hydroxylation is 2. The first-order valence-corrected chi connectivity index (χ1v) is 4.42. The maximum absolute atomic E-state index is 4.37. The molecule has 0 saturated heterocycles. The monoisotopic (exact) mass is 225 g/mol. The van der Waals surface area contributed by atoms with Crippen LogP contribution < -0.4 is 0 Å². The van der Waals surface area contributed by atoms with Crippen LogP contribution in [-0.4, -0.2) is 14.5 Å². The van der Waals surface area contributed by atoms with Crippen molar-refractivity contribution < 1.29 is 0 Å². The number of pyridine rings is 1. The van der Waals surface area contributed by atoms with Crippen LogP contribution in [0.1, 0.15) is 5.82 Å². The van der Waals surface area contributed by atoms with Crippen molar-refractivity contribution in [2.75, 3.05) is 0 Å². The van der Waals surface area contributed by atoms with Crippen LogP contribution in [-0.2, 0) is 7.05 Å². The van der Waals surface area contributed by atoms with Crippen molar-refractivity contribution in [2.45, 2.75) is 6.92 Å². The van der Waals surface area contributed by atoms with Crippen molar-refractivity contribution in [3.8, 4) is 0 Å². The molecule has 2 rings (SSSR count). The van der Waals surface area contributed by atoms with Crippen LogP contribution in [0.25, 0.3) is 11.0 Å². The van der Waals surface area contributed by atoms with Crippen LogP contribution in [0.15, 0.2) is 16.9 Å². The molecule has 0 spiro atoms. The first-order chi connectivity index (χ1) is 5.68. The van der Waals surface area contributed by atoms with Gasteiger partial charge in [-0.3, -0.25) is 0 Å². The average Bonchev–Trinajstić information content (AvgIpc) is 2.28. The van der Waals surface area contributed by atoms with Crippen LogP contribution in [0.4, 0.5) is 0 Å². The van der Waals surface area contributed by atoms with Gasteiger partial charge in [-0.25, -0.2) is 9.97 Å². The van der Waals surface area contributed by atoms with E-state index in [0.717, 1.165) is 21.5 Å². The fourth-order valence-corrected chi connectivity index (χ4v) is 1.50. The number of fused-ring (bicyclic) bond motifs is 1. The molecule has 62 valence electrons. The zero-order chi connectivity index (χ0) is 8.72. The van der Waals surface area contributed by atoms with E-state index in [0.29, 0.717) is 0 Å². The standard InChI is InChI=1S/C8H8BrN3/c1-5-11-6-3-8(9)10-4-7(6)12(5)2/h3-4H,1-2H3. The van der Waals surface area contributed by atoms with Crippen LogP contribution in [0.3, 0.4) is 0 Å². The summed E-state index contributed by atoms with van der Waals surface area (Å²) < 4.78 is 2.85. The van der Waals surface area contributed by atoms with E-state index in [1.54, 1.807) is 0 Å². The molecule has 0 aliphatic heterocycles. The first-order valence-electron chi connectivity index (χ1n) is 3.63. The number of hydrogen-bond donors (Lipinski definition) is 0. The van der Waals surface area contributed by atoms with Gasteiger partial charge in [0.1, 0.15) is 10.4 Å². The highest BCUT2D eigenvalue weighted by Gasteiger charge is 2.03. The Morgan fingerprint density at radius 1 is 1.50 bits per heavy atom. The zero-order valence-electron chi connectivity index (χ0n) is 6.87. The quantitative estimate of drug-likeness (QED) is 0.643. The van der Waals surface area contributed by atoms with E-state index in [-0.39, 0.29) is 0 Å². The molecule has 2 aromatic heterocycles. The second-order valence-corrected chi connectivity index (χ2v) is 3.53. The van der Waals surface area contributed by atoms with Gasteiger partial charge in [0, 0.05) is 7.05 Å². The van der Waals surface area contributed by atoms with Gasteiger partial charge in [-0.1, -0.05) is 0 Å². The van der Waals surface area contributed by atoms with Crippen LogP contribution in [0, 0.1) is 6.92 Å². The molecule has 0 aromatic carbocycles. The summed E-state index contributed by atoms with van der Waals surface area (Å²) in [6.45, 7) is 1.98. The number of aromatic nitrogens is 3. The van der Waals surface area contributed by atoms with Crippen molar-refractivity contribution in [1.82, 2.24) is 14.5 Å². The Labute approximate surface area is 78.6 Å². The third kappa shape index (κ3) is 1.03. The minimum absolute atomic E-state index is 0.827. The molecule has 0 fully saturated rings. The van der Waals surface area contributed by atoms with E-state index in [1.165, 1.54) is 0 Å². The molecular weight excluding hydrogens is 218 g/mol. The zero-order valence-corrected chi connectivity index (χ0v) is 8.46. The topological polar surface area (TPSA) is 30.7 Å². The molecule has 0 radical (unpaired) electrons. The third-order valence-corrected chi connectivity index (χ3v) is 2.39. The SMILES string of the molecule is Cc1nc2cc(Br)ncc2n1C. The highest BCUT2D eigenvalue weighted by atomic mass is 79.9. The lowest BCUT2D eigenvalue weighted by Gasteiger charge is -1.94. The fraction of sp³-hybridized carbons (Fsp3) is 0.250. The lowest BCUT2D eigenvalue weighted by molar-refractivity contribution is 0.884. The highest BCUT2D eigenvalue weighted by molar-refractivity contribution is 9.10. The Bertz CT molecular complexity index is 433. The Hall–Kier alpha value is -0.900. The Balaban J connectivity index is 2.87. The van der Waals surface area contributed by atoms with E-state index in [9.17, 15) is 0 Å². The molecule has 0 atom stereocenters. The maximum Gasteiger partial charge on any atom is 0.108 e. The minimum Gasteiger partial charge on any atom is -0.330 e. The van der Waals surface area contributed by atoms with Gasteiger partial charge in [0.25, 0.3) is 0 Å². The lowest BCUT2D eigenvalue weighted by Crippen LogP contribution is -1.90. The minimum atomic E-state index is 0.827. The largest absolute Gasteiger partial charge is 0.330 e. The summed E-state index contributed by atoms with van der Waals surface area (Å²) in [5.74, 6) is 1.00. The second-order valence-electron chi connectivity index (χ2n) is 2.71. The van der Waals surface area contributed by atoms with Crippen molar-refractivity contribution >= 4 is 27.0 Å². The molecule has 0 amide bonds. The predicted octanol–water partition coefficient (Wildman–Crippen LogP) is 2.04. The van der Waals surface area contributed by atoms with Crippen LogP contribution >= 0.6 is 15.9 Å². The smallest absolute Gasteiger partial charge is 0.108 e. The molecule has 12 heavy (non-hydrogen) atoms. The Kier molecular flexibility index (Phi) is 1.65. The molecule has 4 heteroatoms. The van der Waals surface area contributed by atoms with Gasteiger partial charge in [0.05, 0.1) is 17.2 Å². The molecule has 0 aliphatic rings. The summed E-state index contributed by atoms with van der Waals surface area (Å²) in [6, 6.07) is 1.92. The van der Waals surface area contributed by atoms with Crippen LogP contribution in [0.2, 0.25) is 0 Å². The summed E-state index contributed by atoms with van der Waals surface area (Å²) >= 11 is 3.31. The molecule has 0 aliphatic carbocycles. The summed E-state index contributed by atoms with van der Waals surface area (Å²) in [4.78, 5) is 8.50. The maximum atomic E-state index is 4.37. The van der Waals surface area contributed by atoms with Crippen molar-refractivity contribution in [2.24, 2.45) is 7.05 Å². The molecule has 0 N–H and O–H groups in total. The molecule has 0 saturated carbocycles. The molecule has 0 bridgehead atoms. The van der Waals surface area contributed by atoms with E-state index in [1.807, 2.05) is 30.8 Å². The van der Waals surface area contributed by atoms with Crippen molar-refractivity contribution in [3.63, 3.8) is 0 Å². The average molecular weight is 226 g/mol. The summed E-state index contributed by atoms with van der Waals surface area (Å²) in [5, 5.41) is 0. The van der Waals surface area contributed by atoms with Gasteiger partial charge in [-0.05, 0) is 28.9 Å². The summed E-state index contributed by atoms with van der Waals surface area (Å²) in [6.07, 6.45) is 1.82. The molecule has 2 heterocycles. The number of nitrogens with zero attached hydrogens (tertiary/aromatic N) is 3. The molecule has 0 unspecified atom stereocenters. The number of imidazole rings is 1. The fourth-order valence-electron chi connectivity index (χ4n) is 1.18. The summed E-state index contributed by atoms with van der Waals surface area (Å²) in [7, 11) is 1.99. The molecule has 2 aromatic rings. The van der Waals surface area contributed by atoms with Gasteiger partial charge >= 0.3 is 0 Å². The Morgan fingerprint density at radius 2 is 2.25 bits per heavy atom. The Morgan fingerprint density at radius 3 is 3.00 bits per heavy atom. The lowest BCUT2D eigenvalue weighted by atomic mass is 10.4. The summed E-state index contributed by atoms with van der Waals surface area (Å²) in [5.41, 5.74) is 2.05. The van der Waals surface area contributed by atoms with Gasteiger partial charge < -0.3 is 4.57 Å². The van der Waals surface area contributed by atoms with Gasteiger partial charge in [-0.2, -0.15) is 0 Å². The van der Waals surface area contributed by atoms with Gasteiger partial charge in [-0.15, -0.1) is 0 Å². The normalized spacial score (nSPS) is 10.9.